The molecule has 6 rings (SSSR count). The van der Waals surface area contributed by atoms with E-state index in [1.165, 1.54) is 6.92 Å². The number of imidazole rings is 1. The summed E-state index contributed by atoms with van der Waals surface area (Å²) in [4.78, 5) is 43.0. The van der Waals surface area contributed by atoms with Crippen LogP contribution in [0.1, 0.15) is 17.3 Å². The fraction of sp³-hybridized carbons (Fsp3) is 0.194. The fourth-order valence-corrected chi connectivity index (χ4v) is 4.82. The maximum absolute atomic E-state index is 13.1. The van der Waals surface area contributed by atoms with Crippen molar-refractivity contribution in [1.29, 1.82) is 0 Å². The first kappa shape index (κ1) is 26.1. The van der Waals surface area contributed by atoms with Crippen LogP contribution >= 0.6 is 0 Å². The van der Waals surface area contributed by atoms with Crippen LogP contribution in [0, 0.1) is 0 Å². The number of nitrogens with one attached hydrogen (secondary N) is 2. The van der Waals surface area contributed by atoms with Gasteiger partial charge in [-0.3, -0.25) is 14.2 Å². The Bertz CT molecular complexity index is 1690. The lowest BCUT2D eigenvalue weighted by atomic mass is 10.1. The molecule has 1 saturated heterocycles. The van der Waals surface area contributed by atoms with E-state index in [0.29, 0.717) is 34.1 Å². The summed E-state index contributed by atoms with van der Waals surface area (Å²) in [6.45, 7) is 4.67. The Balaban J connectivity index is 1.36. The number of anilines is 3. The number of carbonyl (C=O) groups excluding carboxylic acids is 2. The van der Waals surface area contributed by atoms with E-state index in [-0.39, 0.29) is 11.8 Å². The molecule has 1 fully saturated rings. The van der Waals surface area contributed by atoms with Crippen molar-refractivity contribution < 1.29 is 9.59 Å². The number of hydrogen-bond donors (Lipinski definition) is 2. The summed E-state index contributed by atoms with van der Waals surface area (Å²) in [5.41, 5.74) is 5.11. The van der Waals surface area contributed by atoms with Gasteiger partial charge in [0.1, 0.15) is 6.33 Å². The van der Waals surface area contributed by atoms with Gasteiger partial charge < -0.3 is 20.4 Å². The Hall–Kier alpha value is -5.09. The molecule has 2 N–H and O–H groups in total. The Morgan fingerprint density at radius 3 is 2.17 bits per heavy atom. The first-order chi connectivity index (χ1) is 19.9. The minimum atomic E-state index is -0.129. The van der Waals surface area contributed by atoms with Crippen molar-refractivity contribution >= 4 is 40.2 Å². The Morgan fingerprint density at radius 1 is 0.805 bits per heavy atom. The Morgan fingerprint density at radius 2 is 1.49 bits per heavy atom. The molecule has 0 unspecified atom stereocenters. The first-order valence-electron chi connectivity index (χ1n) is 13.5. The van der Waals surface area contributed by atoms with Gasteiger partial charge in [0.25, 0.3) is 5.91 Å². The summed E-state index contributed by atoms with van der Waals surface area (Å²) in [6, 6.07) is 24.7. The summed E-state index contributed by atoms with van der Waals surface area (Å²) >= 11 is 0. The van der Waals surface area contributed by atoms with E-state index in [2.05, 4.69) is 27.6 Å². The average molecular weight is 547 g/mol. The molecule has 0 atom stereocenters. The molecule has 3 heterocycles. The number of para-hydroxylation sites is 1. The van der Waals surface area contributed by atoms with Gasteiger partial charge in [-0.15, -0.1) is 0 Å². The lowest BCUT2D eigenvalue weighted by Gasteiger charge is -2.32. The standard InChI is InChI=1S/C31H30N8O2/c1-21(40)33-24-12-14-25(15-13-24)34-29-27-30(39(20-32-27)26-6-4-3-5-7-26)36-28(35-29)22-8-10-23(11-9-22)31(41)38-18-16-37(2)17-19-38/h3-15,20H,16-19H2,1-2H3,(H,33,40)(H,34,35,36). The predicted octanol–water partition coefficient (Wildman–Crippen LogP) is 4.57. The van der Waals surface area contributed by atoms with Crippen molar-refractivity contribution in [3.05, 3.63) is 90.8 Å². The average Bonchev–Trinajstić information content (AvgIpc) is 3.43. The molecule has 2 aromatic heterocycles. The van der Waals surface area contributed by atoms with Crippen LogP contribution in [0.2, 0.25) is 0 Å². The van der Waals surface area contributed by atoms with E-state index in [1.54, 1.807) is 6.33 Å². The van der Waals surface area contributed by atoms with Crippen LogP contribution < -0.4 is 10.6 Å². The summed E-state index contributed by atoms with van der Waals surface area (Å²) in [5, 5.41) is 6.15. The molecule has 10 heteroatoms. The van der Waals surface area contributed by atoms with Crippen LogP contribution in [0.25, 0.3) is 28.2 Å². The minimum absolute atomic E-state index is 0.0354. The van der Waals surface area contributed by atoms with Gasteiger partial charge in [0.05, 0.1) is 0 Å². The van der Waals surface area contributed by atoms with Crippen LogP contribution in [0.5, 0.6) is 0 Å². The molecule has 0 saturated carbocycles. The van der Waals surface area contributed by atoms with Crippen LogP contribution in [0.4, 0.5) is 17.2 Å². The maximum Gasteiger partial charge on any atom is 0.253 e. The van der Waals surface area contributed by atoms with Gasteiger partial charge >= 0.3 is 0 Å². The van der Waals surface area contributed by atoms with Crippen LogP contribution in [0.3, 0.4) is 0 Å². The smallest absolute Gasteiger partial charge is 0.253 e. The summed E-state index contributed by atoms with van der Waals surface area (Å²) in [5.74, 6) is 0.958. The quantitative estimate of drug-likeness (QED) is 0.321. The number of rotatable bonds is 6. The fourth-order valence-electron chi connectivity index (χ4n) is 4.82. The van der Waals surface area contributed by atoms with Gasteiger partial charge in [0.15, 0.2) is 22.8 Å². The van der Waals surface area contributed by atoms with E-state index in [1.807, 2.05) is 88.3 Å². The zero-order valence-electron chi connectivity index (χ0n) is 22.9. The highest BCUT2D eigenvalue weighted by atomic mass is 16.2. The largest absolute Gasteiger partial charge is 0.338 e. The van der Waals surface area contributed by atoms with E-state index in [0.717, 1.165) is 43.1 Å². The first-order valence-corrected chi connectivity index (χ1v) is 13.5. The molecule has 0 radical (unpaired) electrons. The second-order valence-corrected chi connectivity index (χ2v) is 10.1. The SMILES string of the molecule is CC(=O)Nc1ccc(Nc2nc(-c3ccc(C(=O)N4CCN(C)CC4)cc3)nc3c2ncn3-c2ccccc2)cc1. The number of carbonyl (C=O) groups is 2. The third-order valence-corrected chi connectivity index (χ3v) is 7.08. The number of aromatic nitrogens is 4. The van der Waals surface area contributed by atoms with E-state index in [4.69, 9.17) is 9.97 Å². The van der Waals surface area contributed by atoms with Crippen molar-refractivity contribution in [1.82, 2.24) is 29.3 Å². The molecule has 1 aliphatic heterocycles. The molecule has 0 bridgehead atoms. The van der Waals surface area contributed by atoms with Crippen molar-refractivity contribution in [2.45, 2.75) is 6.92 Å². The van der Waals surface area contributed by atoms with Crippen LogP contribution in [-0.4, -0.2) is 74.4 Å². The summed E-state index contributed by atoms with van der Waals surface area (Å²) < 4.78 is 1.93. The maximum atomic E-state index is 13.1. The summed E-state index contributed by atoms with van der Waals surface area (Å²) in [7, 11) is 2.07. The molecular weight excluding hydrogens is 516 g/mol. The van der Waals surface area contributed by atoms with Gasteiger partial charge in [0, 0.05) is 61.3 Å². The second-order valence-electron chi connectivity index (χ2n) is 10.1. The molecule has 3 aromatic carbocycles. The highest BCUT2D eigenvalue weighted by Crippen LogP contribution is 2.29. The van der Waals surface area contributed by atoms with Crippen LogP contribution in [0.15, 0.2) is 85.2 Å². The summed E-state index contributed by atoms with van der Waals surface area (Å²) in [6.07, 6.45) is 1.74. The number of likely N-dealkylation sites (N-methyl/N-ethyl adjacent to an activating group) is 1. The minimum Gasteiger partial charge on any atom is -0.338 e. The molecule has 0 aliphatic carbocycles. The Labute approximate surface area is 237 Å². The monoisotopic (exact) mass is 546 g/mol. The van der Waals surface area contributed by atoms with Crippen molar-refractivity contribution in [2.75, 3.05) is 43.9 Å². The number of piperazine rings is 1. The number of amides is 2. The van der Waals surface area contributed by atoms with E-state index in [9.17, 15) is 9.59 Å². The predicted molar refractivity (Wildman–Crippen MR) is 160 cm³/mol. The molecule has 10 nitrogen and oxygen atoms in total. The lowest BCUT2D eigenvalue weighted by molar-refractivity contribution is -0.114. The van der Waals surface area contributed by atoms with Gasteiger partial charge in [-0.1, -0.05) is 30.3 Å². The number of nitrogens with zero attached hydrogens (tertiary/aromatic N) is 6. The lowest BCUT2D eigenvalue weighted by Crippen LogP contribution is -2.47. The number of benzene rings is 3. The van der Waals surface area contributed by atoms with Gasteiger partial charge in [-0.05, 0) is 55.6 Å². The van der Waals surface area contributed by atoms with Crippen molar-refractivity contribution in [2.24, 2.45) is 0 Å². The molecule has 206 valence electrons. The number of hydrogen-bond acceptors (Lipinski definition) is 7. The zero-order chi connectivity index (χ0) is 28.3. The van der Waals surface area contributed by atoms with E-state index >= 15 is 0 Å². The third kappa shape index (κ3) is 5.64. The normalized spacial score (nSPS) is 13.8. The Kier molecular flexibility index (Phi) is 7.13. The van der Waals surface area contributed by atoms with Crippen molar-refractivity contribution in [3.63, 3.8) is 0 Å². The second kappa shape index (κ2) is 11.2. The van der Waals surface area contributed by atoms with Crippen LogP contribution in [-0.2, 0) is 4.79 Å². The van der Waals surface area contributed by atoms with Gasteiger partial charge in [-0.2, -0.15) is 0 Å². The molecule has 41 heavy (non-hydrogen) atoms. The number of fused-ring (bicyclic) bond motifs is 1. The van der Waals surface area contributed by atoms with Crippen molar-refractivity contribution in [3.8, 4) is 17.1 Å². The molecule has 0 spiro atoms. The zero-order valence-corrected chi connectivity index (χ0v) is 22.9. The molecule has 2 amide bonds. The molecular formula is C31H30N8O2. The third-order valence-electron chi connectivity index (χ3n) is 7.08. The van der Waals surface area contributed by atoms with Gasteiger partial charge in [-0.25, -0.2) is 15.0 Å². The highest BCUT2D eigenvalue weighted by Gasteiger charge is 2.21. The van der Waals surface area contributed by atoms with Gasteiger partial charge in [0.2, 0.25) is 5.91 Å². The molecule has 1 aliphatic rings. The highest BCUT2D eigenvalue weighted by molar-refractivity contribution is 5.95. The van der Waals surface area contributed by atoms with E-state index < -0.39 is 0 Å². The topological polar surface area (TPSA) is 108 Å². The molecule has 5 aromatic rings.